The molecule has 0 unspecified atom stereocenters. The van der Waals surface area contributed by atoms with E-state index in [0.717, 1.165) is 12.7 Å². The number of carbonyl (C=O) groups is 1. The third-order valence-corrected chi connectivity index (χ3v) is 2.76. The van der Waals surface area contributed by atoms with E-state index in [-0.39, 0.29) is 4.90 Å². The van der Waals surface area contributed by atoms with Gasteiger partial charge in [-0.2, -0.15) is 8.42 Å². The Labute approximate surface area is 92.8 Å². The van der Waals surface area contributed by atoms with E-state index in [2.05, 4.69) is 14.0 Å². The van der Waals surface area contributed by atoms with Crippen molar-refractivity contribution < 1.29 is 27.2 Å². The molecule has 0 radical (unpaired) electrons. The van der Waals surface area contributed by atoms with E-state index in [1.807, 2.05) is 6.92 Å². The van der Waals surface area contributed by atoms with Crippen molar-refractivity contribution in [3.8, 4) is 0 Å². The first-order chi connectivity index (χ1) is 7.45. The molecule has 0 fully saturated rings. The summed E-state index contributed by atoms with van der Waals surface area (Å²) in [5.41, 5.74) is 0.896. The Morgan fingerprint density at radius 1 is 1.19 bits per heavy atom. The van der Waals surface area contributed by atoms with E-state index in [1.165, 1.54) is 12.1 Å². The van der Waals surface area contributed by atoms with Crippen molar-refractivity contribution in [2.45, 2.75) is 11.8 Å². The Hall–Kier alpha value is -1.60. The number of methoxy groups -OCH3 is 1. The summed E-state index contributed by atoms with van der Waals surface area (Å²) in [6, 6.07) is 5.86. The maximum atomic E-state index is 11.4. The Balaban J connectivity index is 2.78. The quantitative estimate of drug-likeness (QED) is 0.455. The van der Waals surface area contributed by atoms with E-state index in [0.29, 0.717) is 0 Å². The van der Waals surface area contributed by atoms with Crippen molar-refractivity contribution in [3.05, 3.63) is 29.8 Å². The van der Waals surface area contributed by atoms with Crippen LogP contribution < -0.4 is 0 Å². The highest BCUT2D eigenvalue weighted by molar-refractivity contribution is 7.86. The van der Waals surface area contributed by atoms with Gasteiger partial charge >= 0.3 is 16.3 Å². The molecule has 0 aliphatic heterocycles. The number of benzene rings is 1. The molecule has 7 heteroatoms. The van der Waals surface area contributed by atoms with E-state index in [9.17, 15) is 13.2 Å². The molecule has 1 aromatic rings. The number of ether oxygens (including phenoxy) is 1. The standard InChI is InChI=1S/C9H10O6S/c1-7-3-5-8(6-4-7)16(11,12)15-14-9(10)13-2/h3-6H,1-2H3. The second-order valence-corrected chi connectivity index (χ2v) is 4.39. The molecular weight excluding hydrogens is 236 g/mol. The first-order valence-electron chi connectivity index (χ1n) is 4.21. The lowest BCUT2D eigenvalue weighted by Crippen LogP contribution is -2.12. The molecule has 1 rings (SSSR count). The Morgan fingerprint density at radius 2 is 1.75 bits per heavy atom. The van der Waals surface area contributed by atoms with Crippen LogP contribution in [-0.4, -0.2) is 21.7 Å². The van der Waals surface area contributed by atoms with Crippen LogP contribution in [0.15, 0.2) is 29.2 Å². The Morgan fingerprint density at radius 3 is 2.25 bits per heavy atom. The Bertz CT molecular complexity index is 461. The van der Waals surface area contributed by atoms with Crippen LogP contribution >= 0.6 is 0 Å². The van der Waals surface area contributed by atoms with Crippen LogP contribution in [0.2, 0.25) is 0 Å². The van der Waals surface area contributed by atoms with Crippen molar-refractivity contribution in [2.24, 2.45) is 0 Å². The van der Waals surface area contributed by atoms with Crippen LogP contribution in [-0.2, 0) is 24.1 Å². The summed E-state index contributed by atoms with van der Waals surface area (Å²) in [6.45, 7) is 1.81. The van der Waals surface area contributed by atoms with Gasteiger partial charge in [0, 0.05) is 0 Å². The second kappa shape index (κ2) is 4.95. The molecule has 0 heterocycles. The fraction of sp³-hybridized carbons (Fsp3) is 0.222. The third-order valence-electron chi connectivity index (χ3n) is 1.67. The molecule has 6 nitrogen and oxygen atoms in total. The predicted octanol–water partition coefficient (Wildman–Crippen LogP) is 1.40. The molecule has 0 aliphatic carbocycles. The van der Waals surface area contributed by atoms with E-state index >= 15 is 0 Å². The zero-order valence-electron chi connectivity index (χ0n) is 8.67. The summed E-state index contributed by atoms with van der Waals surface area (Å²) in [5.74, 6) is 0. The van der Waals surface area contributed by atoms with Crippen molar-refractivity contribution in [1.82, 2.24) is 0 Å². The van der Waals surface area contributed by atoms with Gasteiger partial charge in [0.2, 0.25) is 0 Å². The number of rotatable bonds is 3. The molecule has 0 aromatic heterocycles. The predicted molar refractivity (Wildman–Crippen MR) is 52.9 cm³/mol. The first kappa shape index (κ1) is 12.5. The van der Waals surface area contributed by atoms with E-state index in [1.54, 1.807) is 12.1 Å². The van der Waals surface area contributed by atoms with Crippen LogP contribution in [0.5, 0.6) is 0 Å². The molecule has 0 spiro atoms. The molecule has 0 amide bonds. The minimum Gasteiger partial charge on any atom is -0.436 e. The molecule has 0 bridgehead atoms. The largest absolute Gasteiger partial charge is 0.541 e. The molecule has 16 heavy (non-hydrogen) atoms. The number of aryl methyl sites for hydroxylation is 1. The molecule has 1 aromatic carbocycles. The van der Waals surface area contributed by atoms with Gasteiger partial charge in [0.1, 0.15) is 0 Å². The maximum Gasteiger partial charge on any atom is 0.541 e. The number of carbonyl (C=O) groups excluding carboxylic acids is 1. The minimum atomic E-state index is -4.11. The van der Waals surface area contributed by atoms with Gasteiger partial charge in [-0.05, 0) is 23.4 Å². The molecule has 0 aliphatic rings. The Kier molecular flexibility index (Phi) is 3.86. The van der Waals surface area contributed by atoms with Crippen LogP contribution in [0, 0.1) is 6.92 Å². The molecule has 0 N–H and O–H groups in total. The van der Waals surface area contributed by atoms with Gasteiger partial charge in [0.25, 0.3) is 0 Å². The van der Waals surface area contributed by atoms with E-state index < -0.39 is 16.3 Å². The summed E-state index contributed by atoms with van der Waals surface area (Å²) in [5, 5.41) is 0. The van der Waals surface area contributed by atoms with Gasteiger partial charge in [-0.3, -0.25) is 0 Å². The maximum absolute atomic E-state index is 11.4. The highest BCUT2D eigenvalue weighted by atomic mass is 32.2. The lowest BCUT2D eigenvalue weighted by atomic mass is 10.2. The molecular formula is C9H10O6S. The summed E-state index contributed by atoms with van der Waals surface area (Å²) in [7, 11) is -3.07. The van der Waals surface area contributed by atoms with Gasteiger partial charge in [-0.15, -0.1) is 0 Å². The average Bonchev–Trinajstić information content (AvgIpc) is 2.26. The average molecular weight is 246 g/mol. The summed E-state index contributed by atoms with van der Waals surface area (Å²) in [6.07, 6.45) is -1.24. The SMILES string of the molecule is COC(=O)OOS(=O)(=O)c1ccc(C)cc1. The monoisotopic (exact) mass is 246 g/mol. The van der Waals surface area contributed by atoms with E-state index in [4.69, 9.17) is 0 Å². The minimum absolute atomic E-state index is 0.109. The summed E-state index contributed by atoms with van der Waals surface area (Å²) >= 11 is 0. The molecule has 0 atom stereocenters. The zero-order valence-corrected chi connectivity index (χ0v) is 9.48. The molecule has 88 valence electrons. The fourth-order valence-corrected chi connectivity index (χ4v) is 1.54. The first-order valence-corrected chi connectivity index (χ1v) is 5.62. The van der Waals surface area contributed by atoms with Gasteiger partial charge in [-0.25, -0.2) is 9.68 Å². The highest BCUT2D eigenvalue weighted by Gasteiger charge is 2.18. The van der Waals surface area contributed by atoms with Crippen molar-refractivity contribution in [2.75, 3.05) is 7.11 Å². The van der Waals surface area contributed by atoms with Crippen molar-refractivity contribution >= 4 is 16.3 Å². The zero-order chi connectivity index (χ0) is 12.2. The van der Waals surface area contributed by atoms with Gasteiger partial charge in [0.05, 0.1) is 12.0 Å². The van der Waals surface area contributed by atoms with Crippen molar-refractivity contribution in [1.29, 1.82) is 0 Å². The van der Waals surface area contributed by atoms with Crippen LogP contribution in [0.3, 0.4) is 0 Å². The third kappa shape index (κ3) is 3.21. The summed E-state index contributed by atoms with van der Waals surface area (Å²) in [4.78, 5) is 14.3. The van der Waals surface area contributed by atoms with Gasteiger partial charge in [-0.1, -0.05) is 17.7 Å². The fourth-order valence-electron chi connectivity index (χ4n) is 0.851. The number of hydrogen-bond donors (Lipinski definition) is 0. The highest BCUT2D eigenvalue weighted by Crippen LogP contribution is 2.13. The lowest BCUT2D eigenvalue weighted by Gasteiger charge is -2.03. The topological polar surface area (TPSA) is 78.9 Å². The lowest BCUT2D eigenvalue weighted by molar-refractivity contribution is -0.159. The van der Waals surface area contributed by atoms with Crippen LogP contribution in [0.25, 0.3) is 0 Å². The smallest absolute Gasteiger partial charge is 0.436 e. The molecule has 0 saturated carbocycles. The van der Waals surface area contributed by atoms with Crippen LogP contribution in [0.4, 0.5) is 4.79 Å². The summed E-state index contributed by atoms with van der Waals surface area (Å²) < 4.78 is 30.9. The van der Waals surface area contributed by atoms with Crippen molar-refractivity contribution in [3.63, 3.8) is 0 Å². The second-order valence-electron chi connectivity index (χ2n) is 2.87. The normalized spacial score (nSPS) is 10.9. The van der Waals surface area contributed by atoms with Gasteiger partial charge in [0.15, 0.2) is 0 Å². The number of hydrogen-bond acceptors (Lipinski definition) is 6. The molecule has 0 saturated heterocycles. The van der Waals surface area contributed by atoms with Gasteiger partial charge < -0.3 is 4.74 Å². The van der Waals surface area contributed by atoms with Crippen LogP contribution in [0.1, 0.15) is 5.56 Å².